The molecule has 2 nitrogen and oxygen atoms in total. The normalized spacial score (nSPS) is 17.8. The van der Waals surface area contributed by atoms with Crippen LogP contribution in [0.4, 0.5) is 8.78 Å². The molecule has 0 amide bonds. The molecular weight excluding hydrogens is 198 g/mol. The van der Waals surface area contributed by atoms with Gasteiger partial charge in [-0.1, -0.05) is 25.0 Å². The molecule has 1 fully saturated rings. The Morgan fingerprint density at radius 3 is 2.73 bits per heavy atom. The van der Waals surface area contributed by atoms with Crippen molar-refractivity contribution in [2.24, 2.45) is 11.8 Å². The van der Waals surface area contributed by atoms with Gasteiger partial charge in [-0.2, -0.15) is 0 Å². The first-order chi connectivity index (χ1) is 7.22. The molecule has 0 radical (unpaired) electrons. The van der Waals surface area contributed by atoms with Gasteiger partial charge in [-0.15, -0.1) is 0 Å². The Bertz CT molecular complexity index is 350. The topological polar surface area (TPSA) is 38.0 Å². The molecule has 0 bridgehead atoms. The molecule has 0 aliphatic heterocycles. The standard InChI is InChI=1S/C11H14F2N2/c12-9-3-1-2-8(11(9)13)10(15-14)6-7-4-5-7/h1-3,7,10,15H,4-6,14H2. The second-order valence-electron chi connectivity index (χ2n) is 4.04. The van der Waals surface area contributed by atoms with Crippen LogP contribution in [0.3, 0.4) is 0 Å². The summed E-state index contributed by atoms with van der Waals surface area (Å²) in [7, 11) is 0. The first-order valence-electron chi connectivity index (χ1n) is 5.12. The number of nitrogens with two attached hydrogens (primary N) is 1. The molecule has 1 aliphatic rings. The van der Waals surface area contributed by atoms with Crippen LogP contribution < -0.4 is 11.3 Å². The quantitative estimate of drug-likeness (QED) is 0.593. The Labute approximate surface area is 87.4 Å². The van der Waals surface area contributed by atoms with Crippen LogP contribution in [0.5, 0.6) is 0 Å². The fourth-order valence-corrected chi connectivity index (χ4v) is 1.76. The summed E-state index contributed by atoms with van der Waals surface area (Å²) >= 11 is 0. The highest BCUT2D eigenvalue weighted by Crippen LogP contribution is 2.37. The lowest BCUT2D eigenvalue weighted by atomic mass is 10.0. The van der Waals surface area contributed by atoms with Gasteiger partial charge in [0, 0.05) is 11.6 Å². The summed E-state index contributed by atoms with van der Waals surface area (Å²) in [5.74, 6) is 4.36. The highest BCUT2D eigenvalue weighted by atomic mass is 19.2. The Morgan fingerprint density at radius 2 is 2.13 bits per heavy atom. The third-order valence-electron chi connectivity index (χ3n) is 2.82. The van der Waals surface area contributed by atoms with Crippen LogP contribution in [0.2, 0.25) is 0 Å². The van der Waals surface area contributed by atoms with E-state index in [2.05, 4.69) is 5.43 Å². The molecule has 1 saturated carbocycles. The van der Waals surface area contributed by atoms with Gasteiger partial charge in [0.05, 0.1) is 0 Å². The second kappa shape index (κ2) is 4.24. The van der Waals surface area contributed by atoms with Gasteiger partial charge in [0.2, 0.25) is 0 Å². The summed E-state index contributed by atoms with van der Waals surface area (Å²) in [6, 6.07) is 3.91. The van der Waals surface area contributed by atoms with Crippen molar-refractivity contribution in [3.8, 4) is 0 Å². The van der Waals surface area contributed by atoms with Crippen LogP contribution >= 0.6 is 0 Å². The Balaban J connectivity index is 2.20. The van der Waals surface area contributed by atoms with Crippen molar-refractivity contribution in [2.45, 2.75) is 25.3 Å². The Hall–Kier alpha value is -1.00. The molecule has 3 N–H and O–H groups in total. The van der Waals surface area contributed by atoms with Gasteiger partial charge in [0.15, 0.2) is 11.6 Å². The maximum atomic E-state index is 13.4. The smallest absolute Gasteiger partial charge is 0.163 e. The van der Waals surface area contributed by atoms with Crippen molar-refractivity contribution in [3.05, 3.63) is 35.4 Å². The lowest BCUT2D eigenvalue weighted by Crippen LogP contribution is -2.29. The summed E-state index contributed by atoms with van der Waals surface area (Å²) in [4.78, 5) is 0. The van der Waals surface area contributed by atoms with Crippen LogP contribution in [0.15, 0.2) is 18.2 Å². The lowest BCUT2D eigenvalue weighted by Gasteiger charge is -2.16. The van der Waals surface area contributed by atoms with Crippen LogP contribution in [-0.4, -0.2) is 0 Å². The van der Waals surface area contributed by atoms with Gasteiger partial charge >= 0.3 is 0 Å². The van der Waals surface area contributed by atoms with Crippen LogP contribution in [0.25, 0.3) is 0 Å². The summed E-state index contributed by atoms with van der Waals surface area (Å²) in [6.45, 7) is 0. The number of hydrogen-bond donors (Lipinski definition) is 2. The van der Waals surface area contributed by atoms with Gasteiger partial charge in [0.25, 0.3) is 0 Å². The van der Waals surface area contributed by atoms with E-state index in [1.165, 1.54) is 6.07 Å². The average molecular weight is 212 g/mol. The SMILES string of the molecule is NNC(CC1CC1)c1cccc(F)c1F. The minimum atomic E-state index is -0.816. The van der Waals surface area contributed by atoms with E-state index in [-0.39, 0.29) is 6.04 Å². The Morgan fingerprint density at radius 1 is 1.40 bits per heavy atom. The van der Waals surface area contributed by atoms with Crippen molar-refractivity contribution in [1.29, 1.82) is 0 Å². The lowest BCUT2D eigenvalue weighted by molar-refractivity contribution is 0.439. The minimum absolute atomic E-state index is 0.284. The van der Waals surface area contributed by atoms with E-state index in [1.54, 1.807) is 6.07 Å². The van der Waals surface area contributed by atoms with E-state index in [0.717, 1.165) is 25.3 Å². The predicted molar refractivity (Wildman–Crippen MR) is 53.8 cm³/mol. The molecule has 82 valence electrons. The molecule has 1 atom stereocenters. The molecule has 0 spiro atoms. The van der Waals surface area contributed by atoms with Gasteiger partial charge in [-0.3, -0.25) is 11.3 Å². The molecule has 0 heterocycles. The molecule has 4 heteroatoms. The Kier molecular flexibility index (Phi) is 2.98. The molecule has 15 heavy (non-hydrogen) atoms. The van der Waals surface area contributed by atoms with E-state index in [4.69, 9.17) is 5.84 Å². The first-order valence-corrected chi connectivity index (χ1v) is 5.12. The molecule has 1 aromatic rings. The maximum Gasteiger partial charge on any atom is 0.163 e. The molecule has 0 saturated heterocycles. The zero-order valence-electron chi connectivity index (χ0n) is 8.34. The summed E-state index contributed by atoms with van der Waals surface area (Å²) < 4.78 is 26.4. The number of hydrazine groups is 1. The molecular formula is C11H14F2N2. The average Bonchev–Trinajstić information content (AvgIpc) is 3.03. The number of halogens is 2. The van der Waals surface area contributed by atoms with Crippen molar-refractivity contribution >= 4 is 0 Å². The summed E-state index contributed by atoms with van der Waals surface area (Å²) in [6.07, 6.45) is 3.10. The molecule has 1 unspecified atom stereocenters. The number of nitrogens with one attached hydrogen (secondary N) is 1. The van der Waals surface area contributed by atoms with Crippen molar-refractivity contribution in [3.63, 3.8) is 0 Å². The summed E-state index contributed by atoms with van der Waals surface area (Å²) in [5.41, 5.74) is 2.87. The van der Waals surface area contributed by atoms with Crippen molar-refractivity contribution < 1.29 is 8.78 Å². The third kappa shape index (κ3) is 2.33. The minimum Gasteiger partial charge on any atom is -0.271 e. The highest BCUT2D eigenvalue weighted by molar-refractivity contribution is 5.22. The van der Waals surface area contributed by atoms with E-state index in [9.17, 15) is 8.78 Å². The molecule has 1 aromatic carbocycles. The fourth-order valence-electron chi connectivity index (χ4n) is 1.76. The molecule has 1 aliphatic carbocycles. The van der Waals surface area contributed by atoms with Crippen LogP contribution in [-0.2, 0) is 0 Å². The first kappa shape index (κ1) is 10.5. The fraction of sp³-hybridized carbons (Fsp3) is 0.455. The largest absolute Gasteiger partial charge is 0.271 e. The molecule has 2 rings (SSSR count). The number of hydrogen-bond acceptors (Lipinski definition) is 2. The summed E-state index contributed by atoms with van der Waals surface area (Å²) in [5, 5.41) is 0. The van der Waals surface area contributed by atoms with Crippen molar-refractivity contribution in [2.75, 3.05) is 0 Å². The van der Waals surface area contributed by atoms with E-state index < -0.39 is 11.6 Å². The third-order valence-corrected chi connectivity index (χ3v) is 2.82. The zero-order valence-corrected chi connectivity index (χ0v) is 8.34. The van der Waals surface area contributed by atoms with E-state index in [0.29, 0.717) is 11.5 Å². The van der Waals surface area contributed by atoms with Gasteiger partial charge in [-0.05, 0) is 18.4 Å². The molecule has 0 aromatic heterocycles. The number of rotatable bonds is 4. The van der Waals surface area contributed by atoms with E-state index in [1.807, 2.05) is 0 Å². The monoisotopic (exact) mass is 212 g/mol. The van der Waals surface area contributed by atoms with Gasteiger partial charge < -0.3 is 0 Å². The van der Waals surface area contributed by atoms with E-state index >= 15 is 0 Å². The maximum absolute atomic E-state index is 13.4. The van der Waals surface area contributed by atoms with Crippen LogP contribution in [0, 0.1) is 17.6 Å². The predicted octanol–water partition coefficient (Wildman–Crippen LogP) is 2.27. The van der Waals surface area contributed by atoms with Gasteiger partial charge in [0.1, 0.15) is 0 Å². The number of benzene rings is 1. The van der Waals surface area contributed by atoms with Crippen LogP contribution in [0.1, 0.15) is 30.9 Å². The highest BCUT2D eigenvalue weighted by Gasteiger charge is 2.27. The van der Waals surface area contributed by atoms with Crippen molar-refractivity contribution in [1.82, 2.24) is 5.43 Å². The second-order valence-corrected chi connectivity index (χ2v) is 4.04. The van der Waals surface area contributed by atoms with Gasteiger partial charge in [-0.25, -0.2) is 8.78 Å². The zero-order chi connectivity index (χ0) is 10.8.